The van der Waals surface area contributed by atoms with Gasteiger partial charge in [0.15, 0.2) is 5.65 Å². The fraction of sp³-hybridized carbons (Fsp3) is 0.263. The van der Waals surface area contributed by atoms with Crippen LogP contribution in [0.15, 0.2) is 49.2 Å². The Balaban J connectivity index is 1.86. The van der Waals surface area contributed by atoms with Gasteiger partial charge in [0.2, 0.25) is 0 Å². The number of aromatic nitrogens is 6. The number of nitrogens with zero attached hydrogens (tertiary/aromatic N) is 6. The van der Waals surface area contributed by atoms with E-state index in [1.54, 1.807) is 19.5 Å². The van der Waals surface area contributed by atoms with Crippen molar-refractivity contribution in [2.45, 2.75) is 19.9 Å². The Bertz CT molecular complexity index is 1020. The van der Waals surface area contributed by atoms with E-state index in [9.17, 15) is 0 Å². The minimum Gasteiger partial charge on any atom is -0.383 e. The summed E-state index contributed by atoms with van der Waals surface area (Å²) in [6, 6.07) is 5.96. The van der Waals surface area contributed by atoms with Gasteiger partial charge in [0, 0.05) is 43.0 Å². The molecule has 0 N–H and O–H groups in total. The first-order valence-corrected chi connectivity index (χ1v) is 8.60. The zero-order valence-electron chi connectivity index (χ0n) is 14.8. The van der Waals surface area contributed by atoms with Gasteiger partial charge >= 0.3 is 0 Å². The third-order valence-corrected chi connectivity index (χ3v) is 4.35. The average Bonchev–Trinajstić information content (AvgIpc) is 3.30. The van der Waals surface area contributed by atoms with Gasteiger partial charge in [-0.3, -0.25) is 9.67 Å². The van der Waals surface area contributed by atoms with Crippen molar-refractivity contribution in [1.29, 1.82) is 0 Å². The second kappa shape index (κ2) is 7.05. The summed E-state index contributed by atoms with van der Waals surface area (Å²) in [7, 11) is 1.69. The van der Waals surface area contributed by atoms with E-state index in [4.69, 9.17) is 9.72 Å². The quantitative estimate of drug-likeness (QED) is 0.536. The van der Waals surface area contributed by atoms with E-state index < -0.39 is 0 Å². The number of ether oxygens (including phenoxy) is 1. The molecular weight excluding hydrogens is 328 g/mol. The van der Waals surface area contributed by atoms with Crippen LogP contribution >= 0.6 is 0 Å². The van der Waals surface area contributed by atoms with Gasteiger partial charge in [-0.1, -0.05) is 6.92 Å². The van der Waals surface area contributed by atoms with Crippen molar-refractivity contribution in [1.82, 2.24) is 29.4 Å². The molecule has 132 valence electrons. The lowest BCUT2D eigenvalue weighted by atomic mass is 10.1. The Morgan fingerprint density at radius 2 is 1.88 bits per heavy atom. The standard InChI is InChI=1S/C19H20N6O/c1-3-17-18(15-12-22-24(13-15)10-11-26-2)25-19(23-17)16(6-9-21-25)14-4-7-20-8-5-14/h4-9,12-13H,3,10-11H2,1-2H3. The summed E-state index contributed by atoms with van der Waals surface area (Å²) in [4.78, 5) is 8.97. The number of hydrogen-bond donors (Lipinski definition) is 0. The number of aryl methyl sites for hydroxylation is 1. The monoisotopic (exact) mass is 348 g/mol. The summed E-state index contributed by atoms with van der Waals surface area (Å²) in [6.07, 6.45) is 10.1. The third-order valence-electron chi connectivity index (χ3n) is 4.35. The van der Waals surface area contributed by atoms with Crippen LogP contribution in [0.25, 0.3) is 28.0 Å². The molecule has 4 aromatic rings. The smallest absolute Gasteiger partial charge is 0.162 e. The Kier molecular flexibility index (Phi) is 4.45. The maximum Gasteiger partial charge on any atom is 0.162 e. The molecule has 0 unspecified atom stereocenters. The molecule has 0 aromatic carbocycles. The lowest BCUT2D eigenvalue weighted by Gasteiger charge is -2.04. The van der Waals surface area contributed by atoms with E-state index >= 15 is 0 Å². The van der Waals surface area contributed by atoms with Gasteiger partial charge in [-0.15, -0.1) is 0 Å². The van der Waals surface area contributed by atoms with Crippen LogP contribution in [0.2, 0.25) is 0 Å². The Morgan fingerprint density at radius 1 is 1.04 bits per heavy atom. The molecule has 4 rings (SSSR count). The van der Waals surface area contributed by atoms with Gasteiger partial charge in [-0.25, -0.2) is 9.50 Å². The second-order valence-electron chi connectivity index (χ2n) is 5.96. The number of imidazole rings is 1. The third kappa shape index (κ3) is 2.86. The van der Waals surface area contributed by atoms with Gasteiger partial charge in [-0.2, -0.15) is 10.2 Å². The van der Waals surface area contributed by atoms with Crippen LogP contribution in [0.3, 0.4) is 0 Å². The first-order chi connectivity index (χ1) is 12.8. The minimum absolute atomic E-state index is 0.624. The number of pyridine rings is 1. The van der Waals surface area contributed by atoms with E-state index in [-0.39, 0.29) is 0 Å². The molecular formula is C19H20N6O. The zero-order chi connectivity index (χ0) is 17.9. The Morgan fingerprint density at radius 3 is 2.65 bits per heavy atom. The van der Waals surface area contributed by atoms with Gasteiger partial charge in [0.25, 0.3) is 0 Å². The Labute approximate surface area is 151 Å². The summed E-state index contributed by atoms with van der Waals surface area (Å²) in [5, 5.41) is 8.99. The van der Waals surface area contributed by atoms with Crippen molar-refractivity contribution in [2.75, 3.05) is 13.7 Å². The lowest BCUT2D eigenvalue weighted by Crippen LogP contribution is -2.03. The van der Waals surface area contributed by atoms with Crippen LogP contribution in [0.1, 0.15) is 12.6 Å². The molecule has 7 nitrogen and oxygen atoms in total. The molecule has 0 fully saturated rings. The number of fused-ring (bicyclic) bond motifs is 1. The van der Waals surface area contributed by atoms with Crippen LogP contribution in [0.4, 0.5) is 0 Å². The van der Waals surface area contributed by atoms with Crippen LogP contribution in [0, 0.1) is 0 Å². The van der Waals surface area contributed by atoms with Crippen molar-refractivity contribution in [2.24, 2.45) is 0 Å². The molecule has 7 heteroatoms. The highest BCUT2D eigenvalue weighted by atomic mass is 16.5. The summed E-state index contributed by atoms with van der Waals surface area (Å²) in [5.41, 5.74) is 5.95. The molecule has 0 spiro atoms. The average molecular weight is 348 g/mol. The molecule has 4 aromatic heterocycles. The predicted molar refractivity (Wildman–Crippen MR) is 98.7 cm³/mol. The summed E-state index contributed by atoms with van der Waals surface area (Å²) >= 11 is 0. The van der Waals surface area contributed by atoms with Crippen molar-refractivity contribution in [3.8, 4) is 22.4 Å². The maximum absolute atomic E-state index is 5.13. The van der Waals surface area contributed by atoms with Crippen molar-refractivity contribution >= 4 is 5.65 Å². The number of rotatable bonds is 6. The van der Waals surface area contributed by atoms with E-state index in [1.807, 2.05) is 46.0 Å². The Hall–Kier alpha value is -3.06. The highest BCUT2D eigenvalue weighted by Crippen LogP contribution is 2.29. The van der Waals surface area contributed by atoms with E-state index in [2.05, 4.69) is 22.1 Å². The molecule has 0 saturated heterocycles. The SMILES string of the molecule is CCc1nc2c(-c3ccncc3)ccnn2c1-c1cnn(CCOC)c1. The summed E-state index contributed by atoms with van der Waals surface area (Å²) < 4.78 is 8.92. The molecule has 0 aliphatic rings. The van der Waals surface area contributed by atoms with Gasteiger partial charge in [-0.05, 0) is 30.2 Å². The van der Waals surface area contributed by atoms with Gasteiger partial charge in [0.05, 0.1) is 30.7 Å². The molecule has 0 aliphatic carbocycles. The van der Waals surface area contributed by atoms with Crippen LogP contribution in [-0.4, -0.2) is 43.1 Å². The molecule has 0 radical (unpaired) electrons. The molecule has 4 heterocycles. The molecule has 26 heavy (non-hydrogen) atoms. The predicted octanol–water partition coefficient (Wildman–Crippen LogP) is 2.86. The van der Waals surface area contributed by atoms with Gasteiger partial charge in [0.1, 0.15) is 0 Å². The molecule has 0 bridgehead atoms. The van der Waals surface area contributed by atoms with E-state index in [0.29, 0.717) is 13.2 Å². The minimum atomic E-state index is 0.624. The summed E-state index contributed by atoms with van der Waals surface area (Å²) in [6.45, 7) is 3.44. The van der Waals surface area contributed by atoms with Gasteiger partial charge < -0.3 is 4.74 Å². The highest BCUT2D eigenvalue weighted by molar-refractivity contribution is 5.80. The topological polar surface area (TPSA) is 70.1 Å². The largest absolute Gasteiger partial charge is 0.383 e. The number of hydrogen-bond acceptors (Lipinski definition) is 5. The van der Waals surface area contributed by atoms with Crippen LogP contribution < -0.4 is 0 Å². The fourth-order valence-electron chi connectivity index (χ4n) is 3.08. The molecule has 0 amide bonds. The zero-order valence-corrected chi connectivity index (χ0v) is 14.8. The van der Waals surface area contributed by atoms with Crippen molar-refractivity contribution in [3.63, 3.8) is 0 Å². The van der Waals surface area contributed by atoms with E-state index in [0.717, 1.165) is 40.1 Å². The normalized spacial score (nSPS) is 11.3. The second-order valence-corrected chi connectivity index (χ2v) is 5.96. The summed E-state index contributed by atoms with van der Waals surface area (Å²) in [5.74, 6) is 0. The molecule has 0 aliphatic heterocycles. The maximum atomic E-state index is 5.13. The van der Waals surface area contributed by atoms with Crippen LogP contribution in [-0.2, 0) is 17.7 Å². The van der Waals surface area contributed by atoms with Crippen LogP contribution in [0.5, 0.6) is 0 Å². The fourth-order valence-corrected chi connectivity index (χ4v) is 3.08. The molecule has 0 saturated carbocycles. The number of methoxy groups -OCH3 is 1. The highest BCUT2D eigenvalue weighted by Gasteiger charge is 2.18. The van der Waals surface area contributed by atoms with Crippen molar-refractivity contribution < 1.29 is 4.74 Å². The first kappa shape index (κ1) is 16.4. The van der Waals surface area contributed by atoms with Crippen molar-refractivity contribution in [3.05, 3.63) is 54.9 Å². The molecule has 0 atom stereocenters. The lowest BCUT2D eigenvalue weighted by molar-refractivity contribution is 0.183. The first-order valence-electron chi connectivity index (χ1n) is 8.60. The van der Waals surface area contributed by atoms with E-state index in [1.165, 1.54) is 0 Å².